The molecule has 1 unspecified atom stereocenters. The molecule has 3 fully saturated rings. The average molecular weight is 290 g/mol. The van der Waals surface area contributed by atoms with Gasteiger partial charge in [0.25, 0.3) is 0 Å². The molecule has 0 amide bonds. The van der Waals surface area contributed by atoms with Crippen LogP contribution in [0, 0.1) is 0 Å². The second-order valence-corrected chi connectivity index (χ2v) is 6.50. The van der Waals surface area contributed by atoms with Crippen molar-refractivity contribution in [2.24, 2.45) is 0 Å². The fourth-order valence-corrected chi connectivity index (χ4v) is 3.05. The van der Waals surface area contributed by atoms with Gasteiger partial charge < -0.3 is 33.9 Å². The molecule has 116 valence electrons. The molecule has 3 saturated heterocycles. The Morgan fingerprint density at radius 1 is 1.00 bits per heavy atom. The third-order valence-corrected chi connectivity index (χ3v) is 3.95. The Labute approximate surface area is 117 Å². The van der Waals surface area contributed by atoms with Gasteiger partial charge in [0.2, 0.25) is 0 Å². The lowest BCUT2D eigenvalue weighted by Gasteiger charge is -2.34. The van der Waals surface area contributed by atoms with Gasteiger partial charge in [-0.2, -0.15) is 0 Å². The minimum atomic E-state index is -1.58. The molecule has 0 aliphatic carbocycles. The standard InChI is InChI=1S/C13H22O7/c1-11(2)16-5-7(18-11)8-13(15,6-14)9-10(17-8)20-12(3,4)19-9/h7-10,14-15H,5-6H2,1-4H3/t7?,8-,9-,10+,13-/m0/s1. The maximum atomic E-state index is 10.8. The van der Waals surface area contributed by atoms with Crippen LogP contribution >= 0.6 is 0 Å². The molecule has 0 aromatic heterocycles. The van der Waals surface area contributed by atoms with Crippen LogP contribution in [0.25, 0.3) is 0 Å². The molecule has 7 nitrogen and oxygen atoms in total. The Hall–Kier alpha value is -0.280. The molecule has 0 spiro atoms. The smallest absolute Gasteiger partial charge is 0.190 e. The van der Waals surface area contributed by atoms with Crippen LogP contribution < -0.4 is 0 Å². The van der Waals surface area contributed by atoms with Gasteiger partial charge in [-0.05, 0) is 27.7 Å². The zero-order chi connectivity index (χ0) is 14.8. The predicted octanol–water partition coefficient (Wildman–Crippen LogP) is -0.262. The van der Waals surface area contributed by atoms with Crippen LogP contribution in [-0.2, 0) is 23.7 Å². The quantitative estimate of drug-likeness (QED) is 0.724. The minimum Gasteiger partial charge on any atom is -0.393 e. The van der Waals surface area contributed by atoms with Crippen LogP contribution in [0.5, 0.6) is 0 Å². The molecule has 0 aromatic rings. The molecule has 5 atom stereocenters. The first-order valence-electron chi connectivity index (χ1n) is 6.83. The minimum absolute atomic E-state index is 0.281. The highest BCUT2D eigenvalue weighted by atomic mass is 16.8. The zero-order valence-electron chi connectivity index (χ0n) is 12.2. The summed E-state index contributed by atoms with van der Waals surface area (Å²) in [6.45, 7) is 6.83. The van der Waals surface area contributed by atoms with Gasteiger partial charge in [0.1, 0.15) is 23.9 Å². The van der Waals surface area contributed by atoms with Crippen molar-refractivity contribution in [3.63, 3.8) is 0 Å². The predicted molar refractivity (Wildman–Crippen MR) is 65.6 cm³/mol. The Morgan fingerprint density at radius 2 is 1.70 bits per heavy atom. The summed E-state index contributed by atoms with van der Waals surface area (Å²) in [5, 5.41) is 20.4. The van der Waals surface area contributed by atoms with Crippen molar-refractivity contribution in [3.8, 4) is 0 Å². The first-order chi connectivity index (χ1) is 9.17. The summed E-state index contributed by atoms with van der Waals surface area (Å²) >= 11 is 0. The Morgan fingerprint density at radius 3 is 2.25 bits per heavy atom. The SMILES string of the molecule is CC1(C)OCC([C@@H]2O[C@@H]3OC(C)(C)O[C@@H]3[C@]2(O)CO)O1. The molecule has 3 aliphatic rings. The summed E-state index contributed by atoms with van der Waals surface area (Å²) in [5.74, 6) is -1.58. The van der Waals surface area contributed by atoms with E-state index in [1.807, 2.05) is 0 Å². The van der Waals surface area contributed by atoms with E-state index in [-0.39, 0.29) is 6.61 Å². The van der Waals surface area contributed by atoms with Crippen molar-refractivity contribution in [2.45, 2.75) is 69.5 Å². The number of hydrogen-bond acceptors (Lipinski definition) is 7. The summed E-state index contributed by atoms with van der Waals surface area (Å²) in [4.78, 5) is 0. The molecule has 0 bridgehead atoms. The molecule has 0 saturated carbocycles. The van der Waals surface area contributed by atoms with Gasteiger partial charge in [0.05, 0.1) is 13.2 Å². The number of aliphatic hydroxyl groups excluding tert-OH is 1. The van der Waals surface area contributed by atoms with E-state index in [2.05, 4.69) is 0 Å². The van der Waals surface area contributed by atoms with E-state index >= 15 is 0 Å². The molecular formula is C13H22O7. The highest BCUT2D eigenvalue weighted by molar-refractivity contribution is 5.08. The molecular weight excluding hydrogens is 268 g/mol. The van der Waals surface area contributed by atoms with Crippen molar-refractivity contribution in [3.05, 3.63) is 0 Å². The van der Waals surface area contributed by atoms with E-state index < -0.39 is 48.4 Å². The van der Waals surface area contributed by atoms with Gasteiger partial charge in [0, 0.05) is 0 Å². The van der Waals surface area contributed by atoms with Crippen LogP contribution in [-0.4, -0.2) is 65.2 Å². The third-order valence-electron chi connectivity index (χ3n) is 3.95. The second-order valence-electron chi connectivity index (χ2n) is 6.50. The van der Waals surface area contributed by atoms with Crippen LogP contribution in [0.1, 0.15) is 27.7 Å². The van der Waals surface area contributed by atoms with Gasteiger partial charge >= 0.3 is 0 Å². The normalized spacial score (nSPS) is 49.5. The van der Waals surface area contributed by atoms with Crippen molar-refractivity contribution < 1.29 is 33.9 Å². The van der Waals surface area contributed by atoms with Gasteiger partial charge in [-0.15, -0.1) is 0 Å². The van der Waals surface area contributed by atoms with Gasteiger partial charge in [-0.25, -0.2) is 0 Å². The number of fused-ring (bicyclic) bond motifs is 1. The molecule has 2 N–H and O–H groups in total. The van der Waals surface area contributed by atoms with Crippen molar-refractivity contribution >= 4 is 0 Å². The summed E-state index contributed by atoms with van der Waals surface area (Å²) in [6, 6.07) is 0. The molecule has 3 aliphatic heterocycles. The Bertz CT molecular complexity index is 396. The maximum Gasteiger partial charge on any atom is 0.190 e. The van der Waals surface area contributed by atoms with E-state index in [1.165, 1.54) is 0 Å². The monoisotopic (exact) mass is 290 g/mol. The lowest BCUT2D eigenvalue weighted by molar-refractivity contribution is -0.252. The van der Waals surface area contributed by atoms with Crippen molar-refractivity contribution in [1.29, 1.82) is 0 Å². The van der Waals surface area contributed by atoms with Crippen LogP contribution in [0.2, 0.25) is 0 Å². The van der Waals surface area contributed by atoms with Gasteiger partial charge in [-0.1, -0.05) is 0 Å². The summed E-state index contributed by atoms with van der Waals surface area (Å²) in [5.41, 5.74) is -1.58. The van der Waals surface area contributed by atoms with E-state index in [4.69, 9.17) is 23.7 Å². The summed E-state index contributed by atoms with van der Waals surface area (Å²) in [6.07, 6.45) is -2.72. The number of aliphatic hydroxyl groups is 2. The largest absolute Gasteiger partial charge is 0.393 e. The molecule has 20 heavy (non-hydrogen) atoms. The highest BCUT2D eigenvalue weighted by Crippen LogP contribution is 2.45. The molecule has 3 rings (SSSR count). The van der Waals surface area contributed by atoms with Crippen molar-refractivity contribution in [2.75, 3.05) is 13.2 Å². The number of rotatable bonds is 2. The van der Waals surface area contributed by atoms with E-state index in [9.17, 15) is 10.2 Å². The lowest BCUT2D eigenvalue weighted by Crippen LogP contribution is -2.56. The number of ether oxygens (including phenoxy) is 5. The summed E-state index contributed by atoms with van der Waals surface area (Å²) < 4.78 is 28.2. The fraction of sp³-hybridized carbons (Fsp3) is 1.00. The van der Waals surface area contributed by atoms with E-state index in [0.717, 1.165) is 0 Å². The molecule has 7 heteroatoms. The Balaban J connectivity index is 1.81. The van der Waals surface area contributed by atoms with Gasteiger partial charge in [-0.3, -0.25) is 0 Å². The topological polar surface area (TPSA) is 86.6 Å². The number of hydrogen-bond donors (Lipinski definition) is 2. The fourth-order valence-electron chi connectivity index (χ4n) is 3.05. The van der Waals surface area contributed by atoms with Crippen LogP contribution in [0.3, 0.4) is 0 Å². The summed E-state index contributed by atoms with van der Waals surface area (Å²) in [7, 11) is 0. The molecule has 0 aromatic carbocycles. The average Bonchev–Trinajstić information content (AvgIpc) is 2.91. The van der Waals surface area contributed by atoms with Crippen LogP contribution in [0.15, 0.2) is 0 Å². The third kappa shape index (κ3) is 2.18. The van der Waals surface area contributed by atoms with Gasteiger partial charge in [0.15, 0.2) is 17.9 Å². The first-order valence-corrected chi connectivity index (χ1v) is 6.83. The van der Waals surface area contributed by atoms with E-state index in [1.54, 1.807) is 27.7 Å². The second kappa shape index (κ2) is 4.36. The lowest BCUT2D eigenvalue weighted by atomic mass is 9.90. The molecule has 3 heterocycles. The maximum absolute atomic E-state index is 10.8. The highest BCUT2D eigenvalue weighted by Gasteiger charge is 2.65. The van der Waals surface area contributed by atoms with Crippen LogP contribution in [0.4, 0.5) is 0 Å². The zero-order valence-corrected chi connectivity index (χ0v) is 12.2. The van der Waals surface area contributed by atoms with Crippen molar-refractivity contribution in [1.82, 2.24) is 0 Å². The Kier molecular flexibility index (Phi) is 3.19. The molecule has 0 radical (unpaired) electrons. The van der Waals surface area contributed by atoms with E-state index in [0.29, 0.717) is 0 Å². The first kappa shape index (κ1) is 14.6.